The standard InChI is InChI=1S/C18H22N4O/c1-4-15-13-8-12(17-9-20-10-23-17)5-6-16(13)22-18(21-15)14(19)7-11(2)3/h5-6,8-11,14H,4,7,19H2,1-3H3/t14-/m1/s1. The Kier molecular flexibility index (Phi) is 4.39. The van der Waals surface area contributed by atoms with Crippen LogP contribution in [0.2, 0.25) is 0 Å². The van der Waals surface area contributed by atoms with Crippen molar-refractivity contribution in [3.05, 3.63) is 42.3 Å². The summed E-state index contributed by atoms with van der Waals surface area (Å²) in [5.41, 5.74) is 9.19. The monoisotopic (exact) mass is 310 g/mol. The molecule has 0 fully saturated rings. The molecule has 3 rings (SSSR count). The molecule has 2 N–H and O–H groups in total. The third kappa shape index (κ3) is 3.24. The number of rotatable bonds is 5. The molecule has 0 unspecified atom stereocenters. The Morgan fingerprint density at radius 1 is 1.22 bits per heavy atom. The van der Waals surface area contributed by atoms with Crippen molar-refractivity contribution in [3.8, 4) is 11.3 Å². The van der Waals surface area contributed by atoms with Gasteiger partial charge in [-0.15, -0.1) is 0 Å². The van der Waals surface area contributed by atoms with E-state index in [-0.39, 0.29) is 6.04 Å². The van der Waals surface area contributed by atoms with Crippen LogP contribution in [0.25, 0.3) is 22.2 Å². The molecule has 23 heavy (non-hydrogen) atoms. The molecular weight excluding hydrogens is 288 g/mol. The van der Waals surface area contributed by atoms with Gasteiger partial charge in [0.25, 0.3) is 0 Å². The van der Waals surface area contributed by atoms with Crippen LogP contribution in [0.5, 0.6) is 0 Å². The van der Waals surface area contributed by atoms with E-state index in [1.807, 2.05) is 12.1 Å². The summed E-state index contributed by atoms with van der Waals surface area (Å²) < 4.78 is 5.38. The summed E-state index contributed by atoms with van der Waals surface area (Å²) in [7, 11) is 0. The van der Waals surface area contributed by atoms with Crippen LogP contribution in [0.15, 0.2) is 35.2 Å². The molecule has 0 aliphatic rings. The second kappa shape index (κ2) is 6.46. The molecule has 5 heteroatoms. The molecule has 120 valence electrons. The summed E-state index contributed by atoms with van der Waals surface area (Å²) in [4.78, 5) is 13.4. The van der Waals surface area contributed by atoms with E-state index in [9.17, 15) is 0 Å². The van der Waals surface area contributed by atoms with Crippen LogP contribution in [0.4, 0.5) is 0 Å². The van der Waals surface area contributed by atoms with Gasteiger partial charge in [-0.25, -0.2) is 15.0 Å². The Labute approximate surface area is 136 Å². The van der Waals surface area contributed by atoms with E-state index in [1.54, 1.807) is 6.20 Å². The number of benzene rings is 1. The highest BCUT2D eigenvalue weighted by Crippen LogP contribution is 2.27. The number of fused-ring (bicyclic) bond motifs is 1. The first kappa shape index (κ1) is 15.6. The van der Waals surface area contributed by atoms with Crippen LogP contribution >= 0.6 is 0 Å². The van der Waals surface area contributed by atoms with Crippen molar-refractivity contribution in [3.63, 3.8) is 0 Å². The fraction of sp³-hybridized carbons (Fsp3) is 0.389. The normalized spacial score (nSPS) is 12.9. The minimum absolute atomic E-state index is 0.126. The van der Waals surface area contributed by atoms with Gasteiger partial charge >= 0.3 is 0 Å². The average molecular weight is 310 g/mol. The summed E-state index contributed by atoms with van der Waals surface area (Å²) in [6, 6.07) is 5.93. The van der Waals surface area contributed by atoms with E-state index in [2.05, 4.69) is 36.8 Å². The van der Waals surface area contributed by atoms with Crippen molar-refractivity contribution in [2.24, 2.45) is 11.7 Å². The number of nitrogens with two attached hydrogens (primary N) is 1. The van der Waals surface area contributed by atoms with Gasteiger partial charge in [0.05, 0.1) is 23.4 Å². The lowest BCUT2D eigenvalue weighted by Gasteiger charge is -2.15. The molecule has 0 bridgehead atoms. The summed E-state index contributed by atoms with van der Waals surface area (Å²) in [5, 5.41) is 1.04. The number of nitrogens with zero attached hydrogens (tertiary/aromatic N) is 3. The SMILES string of the molecule is CCc1nc([C@H](N)CC(C)C)nc2ccc(-c3cnco3)cc12. The molecule has 3 aromatic rings. The van der Waals surface area contributed by atoms with E-state index in [1.165, 1.54) is 6.39 Å². The molecule has 0 aliphatic heterocycles. The van der Waals surface area contributed by atoms with Gasteiger partial charge in [-0.2, -0.15) is 0 Å². The first-order valence-corrected chi connectivity index (χ1v) is 8.03. The largest absolute Gasteiger partial charge is 0.444 e. The minimum atomic E-state index is -0.126. The lowest BCUT2D eigenvalue weighted by molar-refractivity contribution is 0.493. The van der Waals surface area contributed by atoms with Gasteiger partial charge < -0.3 is 10.2 Å². The molecular formula is C18H22N4O. The molecule has 0 spiro atoms. The molecule has 2 aromatic heterocycles. The Morgan fingerprint density at radius 3 is 2.70 bits per heavy atom. The molecule has 0 saturated heterocycles. The van der Waals surface area contributed by atoms with E-state index in [4.69, 9.17) is 15.1 Å². The highest BCUT2D eigenvalue weighted by Gasteiger charge is 2.15. The van der Waals surface area contributed by atoms with E-state index in [0.29, 0.717) is 5.92 Å². The first-order chi connectivity index (χ1) is 11.1. The molecule has 5 nitrogen and oxygen atoms in total. The molecule has 1 aromatic carbocycles. The zero-order valence-electron chi connectivity index (χ0n) is 13.8. The number of hydrogen-bond acceptors (Lipinski definition) is 5. The van der Waals surface area contributed by atoms with Gasteiger partial charge in [0, 0.05) is 10.9 Å². The maximum atomic E-state index is 6.27. The maximum Gasteiger partial charge on any atom is 0.181 e. The van der Waals surface area contributed by atoms with Crippen LogP contribution in [-0.4, -0.2) is 15.0 Å². The Balaban J connectivity index is 2.07. The van der Waals surface area contributed by atoms with Crippen LogP contribution in [-0.2, 0) is 6.42 Å². The average Bonchev–Trinajstić information content (AvgIpc) is 3.07. The summed E-state index contributed by atoms with van der Waals surface area (Å²) >= 11 is 0. The van der Waals surface area contributed by atoms with Gasteiger partial charge in [0.1, 0.15) is 5.82 Å². The third-order valence-corrected chi connectivity index (χ3v) is 3.90. The van der Waals surface area contributed by atoms with E-state index < -0.39 is 0 Å². The smallest absolute Gasteiger partial charge is 0.181 e. The van der Waals surface area contributed by atoms with Crippen LogP contribution in [0.3, 0.4) is 0 Å². The quantitative estimate of drug-likeness (QED) is 0.773. The molecule has 1 atom stereocenters. The Bertz CT molecular complexity index is 796. The highest BCUT2D eigenvalue weighted by molar-refractivity contribution is 5.85. The van der Waals surface area contributed by atoms with Crippen molar-refractivity contribution in [2.75, 3.05) is 0 Å². The predicted octanol–water partition coefficient (Wildman–Crippen LogP) is 3.89. The number of oxazole rings is 1. The minimum Gasteiger partial charge on any atom is -0.444 e. The van der Waals surface area contributed by atoms with Crippen LogP contribution in [0, 0.1) is 5.92 Å². The molecule has 0 saturated carbocycles. The van der Waals surface area contributed by atoms with Gasteiger partial charge in [0.2, 0.25) is 0 Å². The van der Waals surface area contributed by atoms with Crippen molar-refractivity contribution in [1.82, 2.24) is 15.0 Å². The van der Waals surface area contributed by atoms with Crippen LogP contribution in [0.1, 0.15) is 44.8 Å². The molecule has 0 aliphatic carbocycles. The van der Waals surface area contributed by atoms with Crippen molar-refractivity contribution in [1.29, 1.82) is 0 Å². The maximum absolute atomic E-state index is 6.27. The third-order valence-electron chi connectivity index (χ3n) is 3.90. The number of aromatic nitrogens is 3. The van der Waals surface area contributed by atoms with E-state index >= 15 is 0 Å². The van der Waals surface area contributed by atoms with Gasteiger partial charge in [-0.1, -0.05) is 20.8 Å². The lowest BCUT2D eigenvalue weighted by atomic mass is 10.0. The second-order valence-electron chi connectivity index (χ2n) is 6.22. The van der Waals surface area contributed by atoms with E-state index in [0.717, 1.165) is 46.6 Å². The zero-order valence-corrected chi connectivity index (χ0v) is 13.8. The number of aryl methyl sites for hydroxylation is 1. The zero-order chi connectivity index (χ0) is 16.4. The second-order valence-corrected chi connectivity index (χ2v) is 6.22. The molecule has 0 amide bonds. The topological polar surface area (TPSA) is 77.8 Å². The number of hydrogen-bond donors (Lipinski definition) is 1. The summed E-state index contributed by atoms with van der Waals surface area (Å²) in [5.74, 6) is 1.99. The van der Waals surface area contributed by atoms with Gasteiger partial charge in [-0.05, 0) is 37.0 Å². The van der Waals surface area contributed by atoms with Crippen molar-refractivity contribution >= 4 is 10.9 Å². The lowest BCUT2D eigenvalue weighted by Crippen LogP contribution is -2.17. The van der Waals surface area contributed by atoms with Crippen LogP contribution < -0.4 is 5.73 Å². The first-order valence-electron chi connectivity index (χ1n) is 8.03. The van der Waals surface area contributed by atoms with Gasteiger partial charge in [0.15, 0.2) is 12.2 Å². The highest BCUT2D eigenvalue weighted by atomic mass is 16.3. The Hall–Kier alpha value is -2.27. The predicted molar refractivity (Wildman–Crippen MR) is 90.8 cm³/mol. The van der Waals surface area contributed by atoms with Crippen molar-refractivity contribution < 1.29 is 4.42 Å². The molecule has 2 heterocycles. The van der Waals surface area contributed by atoms with Gasteiger partial charge in [-0.3, -0.25) is 0 Å². The summed E-state index contributed by atoms with van der Waals surface area (Å²) in [6.07, 6.45) is 4.86. The van der Waals surface area contributed by atoms with Crippen molar-refractivity contribution in [2.45, 2.75) is 39.7 Å². The molecule has 0 radical (unpaired) electrons. The Morgan fingerprint density at radius 2 is 2.04 bits per heavy atom. The summed E-state index contributed by atoms with van der Waals surface area (Å²) in [6.45, 7) is 6.41. The fourth-order valence-corrected chi connectivity index (χ4v) is 2.77. The fourth-order valence-electron chi connectivity index (χ4n) is 2.77.